The van der Waals surface area contributed by atoms with Gasteiger partial charge in [0.1, 0.15) is 0 Å². The van der Waals surface area contributed by atoms with E-state index in [-0.39, 0.29) is 6.61 Å². The van der Waals surface area contributed by atoms with Crippen LogP contribution in [0.4, 0.5) is 0 Å². The molecule has 3 heteroatoms. The number of hydrogen-bond donors (Lipinski definition) is 1. The van der Waals surface area contributed by atoms with Gasteiger partial charge < -0.3 is 5.11 Å². The third-order valence-corrected chi connectivity index (χ3v) is 2.97. The van der Waals surface area contributed by atoms with Crippen LogP contribution >= 0.6 is 11.8 Å². The molecule has 0 atom stereocenters. The maximum atomic E-state index is 8.73. The zero-order valence-electron chi connectivity index (χ0n) is 8.16. The van der Waals surface area contributed by atoms with Gasteiger partial charge in [-0.1, -0.05) is 0 Å². The molecule has 0 aromatic heterocycles. The van der Waals surface area contributed by atoms with Crippen molar-refractivity contribution in [1.29, 1.82) is 5.26 Å². The minimum Gasteiger partial charge on any atom is -0.396 e. The summed E-state index contributed by atoms with van der Waals surface area (Å²) in [4.78, 5) is 1.16. The molecule has 74 valence electrons. The van der Waals surface area contributed by atoms with Crippen molar-refractivity contribution in [2.45, 2.75) is 18.2 Å². The van der Waals surface area contributed by atoms with E-state index in [1.807, 2.05) is 25.1 Å². The molecule has 0 aliphatic rings. The zero-order chi connectivity index (χ0) is 10.4. The van der Waals surface area contributed by atoms with Crippen LogP contribution < -0.4 is 0 Å². The average molecular weight is 207 g/mol. The minimum atomic E-state index is 0.238. The molecular formula is C11H13NOS. The van der Waals surface area contributed by atoms with Crippen molar-refractivity contribution >= 4 is 11.8 Å². The second-order valence-corrected chi connectivity index (χ2v) is 4.18. The van der Waals surface area contributed by atoms with Gasteiger partial charge in [0.25, 0.3) is 0 Å². The first-order chi connectivity index (χ1) is 6.77. The summed E-state index contributed by atoms with van der Waals surface area (Å²) in [5, 5.41) is 17.4. The van der Waals surface area contributed by atoms with Crippen molar-refractivity contribution < 1.29 is 5.11 Å². The van der Waals surface area contributed by atoms with Gasteiger partial charge in [-0.2, -0.15) is 5.26 Å². The second kappa shape index (κ2) is 5.69. The molecule has 1 rings (SSSR count). The molecule has 0 fully saturated rings. The minimum absolute atomic E-state index is 0.238. The van der Waals surface area contributed by atoms with E-state index in [0.717, 1.165) is 28.2 Å². The van der Waals surface area contributed by atoms with Crippen molar-refractivity contribution in [2.75, 3.05) is 12.4 Å². The molecule has 0 saturated heterocycles. The average Bonchev–Trinajstić information content (AvgIpc) is 2.18. The quantitative estimate of drug-likeness (QED) is 0.609. The number of hydrogen-bond acceptors (Lipinski definition) is 3. The van der Waals surface area contributed by atoms with Gasteiger partial charge in [-0.3, -0.25) is 0 Å². The van der Waals surface area contributed by atoms with Crippen LogP contribution in [0.15, 0.2) is 23.1 Å². The van der Waals surface area contributed by atoms with Crippen LogP contribution in [-0.4, -0.2) is 17.5 Å². The normalized spacial score (nSPS) is 9.79. The van der Waals surface area contributed by atoms with Crippen LogP contribution in [0.5, 0.6) is 0 Å². The zero-order valence-corrected chi connectivity index (χ0v) is 8.97. The number of nitrogens with zero attached hydrogens (tertiary/aromatic N) is 1. The largest absolute Gasteiger partial charge is 0.396 e. The highest BCUT2D eigenvalue weighted by molar-refractivity contribution is 7.99. The molecule has 0 heterocycles. The Morgan fingerprint density at radius 1 is 1.50 bits per heavy atom. The van der Waals surface area contributed by atoms with Crippen LogP contribution in [0.2, 0.25) is 0 Å². The molecule has 0 bridgehead atoms. The lowest BCUT2D eigenvalue weighted by Crippen LogP contribution is -1.87. The van der Waals surface area contributed by atoms with Crippen molar-refractivity contribution in [3.05, 3.63) is 29.3 Å². The van der Waals surface area contributed by atoms with Crippen LogP contribution in [0.25, 0.3) is 0 Å². The van der Waals surface area contributed by atoms with E-state index in [0.29, 0.717) is 0 Å². The monoisotopic (exact) mass is 207 g/mol. The molecule has 0 spiro atoms. The third kappa shape index (κ3) is 3.06. The van der Waals surface area contributed by atoms with E-state index < -0.39 is 0 Å². The number of rotatable bonds is 4. The van der Waals surface area contributed by atoms with Gasteiger partial charge in [0.15, 0.2) is 0 Å². The lowest BCUT2D eigenvalue weighted by molar-refractivity contribution is 0.296. The Balaban J connectivity index is 2.63. The lowest BCUT2D eigenvalue weighted by Gasteiger charge is -2.02. The Hall–Kier alpha value is -0.980. The van der Waals surface area contributed by atoms with Crippen LogP contribution in [0, 0.1) is 18.3 Å². The number of thioether (sulfide) groups is 1. The maximum absolute atomic E-state index is 8.73. The number of nitriles is 1. The molecule has 0 aliphatic carbocycles. The predicted molar refractivity (Wildman–Crippen MR) is 58.3 cm³/mol. The summed E-state index contributed by atoms with van der Waals surface area (Å²) in [6.45, 7) is 2.18. The molecule has 0 amide bonds. The van der Waals surface area contributed by atoms with E-state index in [1.165, 1.54) is 0 Å². The van der Waals surface area contributed by atoms with E-state index >= 15 is 0 Å². The van der Waals surface area contributed by atoms with E-state index in [4.69, 9.17) is 10.4 Å². The first-order valence-corrected chi connectivity index (χ1v) is 5.51. The number of benzene rings is 1. The summed E-state index contributed by atoms with van der Waals surface area (Å²) in [5.41, 5.74) is 1.75. The van der Waals surface area contributed by atoms with Gasteiger partial charge >= 0.3 is 0 Å². The molecular weight excluding hydrogens is 194 g/mol. The Morgan fingerprint density at radius 3 is 2.86 bits per heavy atom. The Labute approximate surface area is 88.6 Å². The summed E-state index contributed by atoms with van der Waals surface area (Å²) in [5.74, 6) is 0.918. The van der Waals surface area contributed by atoms with Gasteiger partial charge in [0.05, 0.1) is 11.6 Å². The molecule has 0 saturated carbocycles. The van der Waals surface area contributed by atoms with Crippen molar-refractivity contribution in [2.24, 2.45) is 0 Å². The topological polar surface area (TPSA) is 44.0 Å². The Kier molecular flexibility index (Phi) is 4.51. The fraction of sp³-hybridized carbons (Fsp3) is 0.364. The number of aryl methyl sites for hydroxylation is 1. The van der Waals surface area contributed by atoms with Crippen molar-refractivity contribution in [3.63, 3.8) is 0 Å². The smallest absolute Gasteiger partial charge is 0.0994 e. The highest BCUT2D eigenvalue weighted by Gasteiger charge is 1.99. The fourth-order valence-electron chi connectivity index (χ4n) is 1.11. The predicted octanol–water partition coefficient (Wildman–Crippen LogP) is 2.34. The summed E-state index contributed by atoms with van der Waals surface area (Å²) in [7, 11) is 0. The van der Waals surface area contributed by atoms with Crippen LogP contribution in [0.1, 0.15) is 17.5 Å². The summed E-state index contributed by atoms with van der Waals surface area (Å²) in [6, 6.07) is 7.95. The van der Waals surface area contributed by atoms with Crippen LogP contribution in [-0.2, 0) is 0 Å². The molecule has 1 aromatic rings. The Bertz CT molecular complexity index is 344. The van der Waals surface area contributed by atoms with Gasteiger partial charge in [-0.05, 0) is 37.1 Å². The maximum Gasteiger partial charge on any atom is 0.0994 e. The van der Waals surface area contributed by atoms with Crippen molar-refractivity contribution in [1.82, 2.24) is 0 Å². The van der Waals surface area contributed by atoms with E-state index in [9.17, 15) is 0 Å². The number of aliphatic hydroxyl groups is 1. The summed E-state index contributed by atoms with van der Waals surface area (Å²) >= 11 is 1.71. The molecule has 1 aromatic carbocycles. The van der Waals surface area contributed by atoms with Gasteiger partial charge in [0.2, 0.25) is 0 Å². The first kappa shape index (κ1) is 11.1. The molecule has 0 radical (unpaired) electrons. The molecule has 0 unspecified atom stereocenters. The van der Waals surface area contributed by atoms with Crippen LogP contribution in [0.3, 0.4) is 0 Å². The van der Waals surface area contributed by atoms with Gasteiger partial charge in [-0.15, -0.1) is 11.8 Å². The third-order valence-electron chi connectivity index (χ3n) is 1.89. The fourth-order valence-corrected chi connectivity index (χ4v) is 2.04. The molecule has 1 N–H and O–H groups in total. The van der Waals surface area contributed by atoms with Gasteiger partial charge in [-0.25, -0.2) is 0 Å². The molecule has 0 aliphatic heterocycles. The van der Waals surface area contributed by atoms with Gasteiger partial charge in [0, 0.05) is 17.3 Å². The number of aliphatic hydroxyl groups excluding tert-OH is 1. The highest BCUT2D eigenvalue weighted by Crippen LogP contribution is 2.21. The van der Waals surface area contributed by atoms with E-state index in [2.05, 4.69) is 6.07 Å². The standard InChI is InChI=1S/C11H13NOS/c1-9-7-11(14-6-2-5-13)4-3-10(9)8-12/h3-4,7,13H,2,5-6H2,1H3. The second-order valence-electron chi connectivity index (χ2n) is 3.01. The SMILES string of the molecule is Cc1cc(SCCCO)ccc1C#N. The lowest BCUT2D eigenvalue weighted by atomic mass is 10.1. The Morgan fingerprint density at radius 2 is 2.29 bits per heavy atom. The first-order valence-electron chi connectivity index (χ1n) is 4.52. The summed E-state index contributed by atoms with van der Waals surface area (Å²) < 4.78 is 0. The highest BCUT2D eigenvalue weighted by atomic mass is 32.2. The van der Waals surface area contributed by atoms with Crippen molar-refractivity contribution in [3.8, 4) is 6.07 Å². The molecule has 14 heavy (non-hydrogen) atoms. The van der Waals surface area contributed by atoms with E-state index in [1.54, 1.807) is 11.8 Å². The molecule has 2 nitrogen and oxygen atoms in total. The summed E-state index contributed by atoms with van der Waals surface area (Å²) in [6.07, 6.45) is 0.809.